The van der Waals surface area contributed by atoms with E-state index in [1.165, 1.54) is 0 Å². The van der Waals surface area contributed by atoms with Crippen LogP contribution in [0.3, 0.4) is 0 Å². The normalized spacial score (nSPS) is 12.5. The lowest BCUT2D eigenvalue weighted by Gasteiger charge is -2.23. The fourth-order valence-electron chi connectivity index (χ4n) is 2.01. The van der Waals surface area contributed by atoms with Crippen molar-refractivity contribution in [1.82, 2.24) is 14.5 Å². The molecular weight excluding hydrogens is 262 g/mol. The van der Waals surface area contributed by atoms with Gasteiger partial charge in [-0.15, -0.1) is 0 Å². The number of hydrogen-bond acceptors (Lipinski definition) is 4. The molecule has 0 heterocycles. The van der Waals surface area contributed by atoms with Gasteiger partial charge in [0.2, 0.25) is 10.0 Å². The number of sulfonamides is 1. The van der Waals surface area contributed by atoms with Crippen molar-refractivity contribution < 1.29 is 8.42 Å². The first-order valence-corrected chi connectivity index (χ1v) is 9.03. The monoisotopic (exact) mass is 293 g/mol. The fourth-order valence-corrected chi connectivity index (χ4v) is 3.47. The van der Waals surface area contributed by atoms with Gasteiger partial charge in [0.25, 0.3) is 0 Å². The fraction of sp³-hybridized carbons (Fsp3) is 1.00. The Hall–Kier alpha value is -0.170. The first-order chi connectivity index (χ1) is 9.01. The van der Waals surface area contributed by atoms with Crippen LogP contribution in [0, 0.1) is 0 Å². The molecule has 0 aromatic carbocycles. The van der Waals surface area contributed by atoms with E-state index in [4.69, 9.17) is 0 Å². The van der Waals surface area contributed by atoms with E-state index >= 15 is 0 Å². The van der Waals surface area contributed by atoms with E-state index in [0.717, 1.165) is 32.6 Å². The molecule has 0 rings (SSSR count). The molecule has 0 bridgehead atoms. The molecule has 116 valence electrons. The molecule has 0 amide bonds. The van der Waals surface area contributed by atoms with Crippen LogP contribution in [0.15, 0.2) is 0 Å². The van der Waals surface area contributed by atoms with Crippen molar-refractivity contribution in [2.45, 2.75) is 34.1 Å². The number of nitrogens with zero attached hydrogens (tertiary/aromatic N) is 2. The summed E-state index contributed by atoms with van der Waals surface area (Å²) in [5, 5.41) is 3.06. The number of rotatable bonds is 12. The number of nitrogens with one attached hydrogen (secondary N) is 1. The van der Waals surface area contributed by atoms with Gasteiger partial charge in [-0.25, -0.2) is 12.7 Å². The summed E-state index contributed by atoms with van der Waals surface area (Å²) in [7, 11) is -3.10. The average Bonchev–Trinajstić information content (AvgIpc) is 2.39. The zero-order chi connectivity index (χ0) is 14.7. The van der Waals surface area contributed by atoms with Crippen LogP contribution in [0.1, 0.15) is 34.1 Å². The van der Waals surface area contributed by atoms with Gasteiger partial charge in [0.1, 0.15) is 0 Å². The highest BCUT2D eigenvalue weighted by atomic mass is 32.2. The Kier molecular flexibility index (Phi) is 10.5. The van der Waals surface area contributed by atoms with Crippen molar-refractivity contribution in [1.29, 1.82) is 0 Å². The van der Waals surface area contributed by atoms with E-state index in [1.54, 1.807) is 4.31 Å². The lowest BCUT2D eigenvalue weighted by molar-refractivity contribution is 0.285. The molecule has 0 fully saturated rings. The molecule has 1 N–H and O–H groups in total. The van der Waals surface area contributed by atoms with Crippen LogP contribution in [-0.4, -0.2) is 69.2 Å². The highest BCUT2D eigenvalue weighted by Crippen LogP contribution is 2.03. The molecule has 0 saturated carbocycles. The molecule has 0 aliphatic heterocycles. The molecule has 5 nitrogen and oxygen atoms in total. The second-order valence-electron chi connectivity index (χ2n) is 4.54. The third-order valence-corrected chi connectivity index (χ3v) is 5.26. The standard InChI is InChI=1S/C13H31N3O2S/c1-5-14-10-13-19(17,18)16(8-4)12-9-11-15(6-2)7-3/h14H,5-13H2,1-4H3. The third-order valence-electron chi connectivity index (χ3n) is 3.31. The highest BCUT2D eigenvalue weighted by molar-refractivity contribution is 7.89. The second kappa shape index (κ2) is 10.6. The molecule has 6 heteroatoms. The maximum absolute atomic E-state index is 12.1. The van der Waals surface area contributed by atoms with Crippen molar-refractivity contribution in [3.05, 3.63) is 0 Å². The van der Waals surface area contributed by atoms with Gasteiger partial charge in [-0.2, -0.15) is 0 Å². The van der Waals surface area contributed by atoms with Crippen LogP contribution in [0.25, 0.3) is 0 Å². The van der Waals surface area contributed by atoms with Gasteiger partial charge < -0.3 is 10.2 Å². The Bertz CT molecular complexity index is 303. The van der Waals surface area contributed by atoms with E-state index in [2.05, 4.69) is 24.1 Å². The van der Waals surface area contributed by atoms with Crippen molar-refractivity contribution in [2.24, 2.45) is 0 Å². The quantitative estimate of drug-likeness (QED) is 0.545. The number of hydrogen-bond donors (Lipinski definition) is 1. The Morgan fingerprint density at radius 3 is 2.05 bits per heavy atom. The summed E-state index contributed by atoms with van der Waals surface area (Å²) < 4.78 is 25.9. The van der Waals surface area contributed by atoms with Crippen molar-refractivity contribution >= 4 is 10.0 Å². The third kappa shape index (κ3) is 7.87. The van der Waals surface area contributed by atoms with Crippen molar-refractivity contribution in [3.8, 4) is 0 Å². The Morgan fingerprint density at radius 2 is 1.58 bits per heavy atom. The summed E-state index contributed by atoms with van der Waals surface area (Å²) >= 11 is 0. The summed E-state index contributed by atoms with van der Waals surface area (Å²) in [6, 6.07) is 0. The minimum absolute atomic E-state index is 0.194. The van der Waals surface area contributed by atoms with Crippen LogP contribution in [-0.2, 0) is 10.0 Å². The maximum atomic E-state index is 12.1. The second-order valence-corrected chi connectivity index (χ2v) is 6.63. The molecule has 0 atom stereocenters. The van der Waals surface area contributed by atoms with Gasteiger partial charge in [0.15, 0.2) is 0 Å². The molecule has 19 heavy (non-hydrogen) atoms. The van der Waals surface area contributed by atoms with Gasteiger partial charge in [0, 0.05) is 19.6 Å². The molecule has 0 aromatic heterocycles. The molecule has 0 spiro atoms. The maximum Gasteiger partial charge on any atom is 0.215 e. The zero-order valence-electron chi connectivity index (χ0n) is 13.0. The largest absolute Gasteiger partial charge is 0.316 e. The van der Waals surface area contributed by atoms with E-state index in [1.807, 2.05) is 13.8 Å². The summed E-state index contributed by atoms with van der Waals surface area (Å²) in [4.78, 5) is 2.32. The van der Waals surface area contributed by atoms with E-state index in [-0.39, 0.29) is 5.75 Å². The SMILES string of the molecule is CCNCCS(=O)(=O)N(CC)CCCN(CC)CC. The van der Waals surface area contributed by atoms with Crippen molar-refractivity contribution in [3.63, 3.8) is 0 Å². The smallest absolute Gasteiger partial charge is 0.215 e. The molecule has 0 saturated heterocycles. The Morgan fingerprint density at radius 1 is 0.947 bits per heavy atom. The van der Waals surface area contributed by atoms with Crippen molar-refractivity contribution in [2.75, 3.05) is 51.6 Å². The predicted octanol–water partition coefficient (Wildman–Crippen LogP) is 0.980. The minimum Gasteiger partial charge on any atom is -0.316 e. The van der Waals surface area contributed by atoms with Crippen LogP contribution >= 0.6 is 0 Å². The first-order valence-electron chi connectivity index (χ1n) is 7.42. The molecule has 0 aliphatic rings. The molecule has 0 aliphatic carbocycles. The van der Waals surface area contributed by atoms with E-state index < -0.39 is 10.0 Å². The predicted molar refractivity (Wildman–Crippen MR) is 82.0 cm³/mol. The van der Waals surface area contributed by atoms with Gasteiger partial charge >= 0.3 is 0 Å². The summed E-state index contributed by atoms with van der Waals surface area (Å²) in [5.74, 6) is 0.194. The molecule has 0 radical (unpaired) electrons. The van der Waals surface area contributed by atoms with E-state index in [0.29, 0.717) is 19.6 Å². The highest BCUT2D eigenvalue weighted by Gasteiger charge is 2.19. The van der Waals surface area contributed by atoms with E-state index in [9.17, 15) is 8.42 Å². The zero-order valence-corrected chi connectivity index (χ0v) is 13.8. The summed E-state index contributed by atoms with van der Waals surface area (Å²) in [6.45, 7) is 13.7. The van der Waals surface area contributed by atoms with Crippen LogP contribution in [0.4, 0.5) is 0 Å². The Labute approximate surface area is 119 Å². The summed E-state index contributed by atoms with van der Waals surface area (Å²) in [5.41, 5.74) is 0. The lowest BCUT2D eigenvalue weighted by atomic mass is 10.3. The van der Waals surface area contributed by atoms with Crippen LogP contribution < -0.4 is 5.32 Å². The van der Waals surface area contributed by atoms with Gasteiger partial charge in [-0.1, -0.05) is 27.7 Å². The van der Waals surface area contributed by atoms with Gasteiger partial charge in [-0.05, 0) is 32.6 Å². The van der Waals surface area contributed by atoms with Gasteiger partial charge in [-0.3, -0.25) is 0 Å². The average molecular weight is 293 g/mol. The first kappa shape index (κ1) is 18.8. The lowest BCUT2D eigenvalue weighted by Crippen LogP contribution is -2.38. The Balaban J connectivity index is 4.17. The van der Waals surface area contributed by atoms with Crippen LogP contribution in [0.2, 0.25) is 0 Å². The van der Waals surface area contributed by atoms with Crippen LogP contribution in [0.5, 0.6) is 0 Å². The minimum atomic E-state index is -3.10. The molecule has 0 unspecified atom stereocenters. The topological polar surface area (TPSA) is 52.7 Å². The molecular formula is C13H31N3O2S. The summed E-state index contributed by atoms with van der Waals surface area (Å²) in [6.07, 6.45) is 0.899. The molecule has 0 aromatic rings. The van der Waals surface area contributed by atoms with Gasteiger partial charge in [0.05, 0.1) is 5.75 Å².